The second-order valence-electron chi connectivity index (χ2n) is 11.8. The van der Waals surface area contributed by atoms with Crippen LogP contribution in [-0.2, 0) is 19.7 Å². The molecule has 3 heterocycles. The zero-order chi connectivity index (χ0) is 32.0. The van der Waals surface area contributed by atoms with Gasteiger partial charge < -0.3 is 18.8 Å². The average molecular weight is 644 g/mol. The molecular weight excluding hydrogens is 607 g/mol. The summed E-state index contributed by atoms with van der Waals surface area (Å²) in [5, 5.41) is 0.905. The Kier molecular flexibility index (Phi) is 9.31. The number of methoxy groups -OCH3 is 1. The number of imidazole rings is 1. The van der Waals surface area contributed by atoms with Crippen molar-refractivity contribution in [3.63, 3.8) is 0 Å². The highest BCUT2D eigenvalue weighted by Gasteiger charge is 2.24. The molecule has 7 nitrogen and oxygen atoms in total. The Morgan fingerprint density at radius 1 is 0.894 bits per heavy atom. The molecule has 0 amide bonds. The quantitative estimate of drug-likeness (QED) is 0.118. The van der Waals surface area contributed by atoms with Gasteiger partial charge in [-0.25, -0.2) is 4.98 Å². The molecule has 7 rings (SSSR count). The van der Waals surface area contributed by atoms with E-state index in [1.54, 1.807) is 31.0 Å². The lowest BCUT2D eigenvalue weighted by molar-refractivity contribution is 0.104. The van der Waals surface area contributed by atoms with Crippen LogP contribution < -0.4 is 14.2 Å². The summed E-state index contributed by atoms with van der Waals surface area (Å²) in [5.41, 5.74) is 4.45. The van der Waals surface area contributed by atoms with Crippen LogP contribution in [0.1, 0.15) is 39.9 Å². The summed E-state index contributed by atoms with van der Waals surface area (Å²) in [6.07, 6.45) is 7.91. The fourth-order valence-electron chi connectivity index (χ4n) is 6.07. The number of carbonyl (C=O) groups is 1. The van der Waals surface area contributed by atoms with E-state index in [-0.39, 0.29) is 5.78 Å². The third-order valence-electron chi connectivity index (χ3n) is 8.57. The van der Waals surface area contributed by atoms with Crippen LogP contribution in [0.3, 0.4) is 0 Å². The number of thiophene rings is 1. The zero-order valence-corrected chi connectivity index (χ0v) is 27.2. The monoisotopic (exact) mass is 643 g/mol. The van der Waals surface area contributed by atoms with E-state index in [4.69, 9.17) is 14.2 Å². The molecule has 8 heteroatoms. The molecule has 0 unspecified atom stereocenters. The van der Waals surface area contributed by atoms with Gasteiger partial charge in [-0.05, 0) is 85.6 Å². The fourth-order valence-corrected chi connectivity index (χ4v) is 7.30. The molecule has 1 saturated heterocycles. The van der Waals surface area contributed by atoms with Crippen LogP contribution in [0.25, 0.3) is 20.5 Å². The molecule has 1 fully saturated rings. The van der Waals surface area contributed by atoms with Gasteiger partial charge in [-0.3, -0.25) is 9.69 Å². The Morgan fingerprint density at radius 3 is 2.47 bits per heavy atom. The van der Waals surface area contributed by atoms with Crippen LogP contribution >= 0.6 is 11.3 Å². The zero-order valence-electron chi connectivity index (χ0n) is 26.4. The SMILES string of the molecule is COc1cc(C(=O)c2c(-c3ccc(OCCn4ccnc4)cc3)sc3cc(OCc4ccccc4)ccc23)ccc1CN1CCCC1. The molecule has 1 aliphatic rings. The van der Waals surface area contributed by atoms with Crippen LogP contribution in [0.2, 0.25) is 0 Å². The third-order valence-corrected chi connectivity index (χ3v) is 9.77. The van der Waals surface area contributed by atoms with E-state index >= 15 is 0 Å². The molecular formula is C39H37N3O4S. The Hall–Kier alpha value is -4.92. The minimum absolute atomic E-state index is 0.0316. The van der Waals surface area contributed by atoms with E-state index in [2.05, 4.69) is 9.88 Å². The predicted octanol–water partition coefficient (Wildman–Crippen LogP) is 8.26. The van der Waals surface area contributed by atoms with Gasteiger partial charge in [0.2, 0.25) is 0 Å². The van der Waals surface area contributed by atoms with Gasteiger partial charge in [0.25, 0.3) is 0 Å². The Morgan fingerprint density at radius 2 is 1.70 bits per heavy atom. The minimum atomic E-state index is -0.0316. The van der Waals surface area contributed by atoms with Crippen molar-refractivity contribution in [2.24, 2.45) is 0 Å². The maximum atomic E-state index is 14.4. The molecule has 238 valence electrons. The van der Waals surface area contributed by atoms with E-state index in [0.717, 1.165) is 68.5 Å². The highest BCUT2D eigenvalue weighted by atomic mass is 32.1. The van der Waals surface area contributed by atoms with E-state index in [1.165, 1.54) is 12.8 Å². The number of likely N-dealkylation sites (tertiary alicyclic amines) is 1. The smallest absolute Gasteiger partial charge is 0.195 e. The van der Waals surface area contributed by atoms with Gasteiger partial charge in [0.15, 0.2) is 5.78 Å². The lowest BCUT2D eigenvalue weighted by Crippen LogP contribution is -2.19. The number of benzene rings is 4. The molecule has 0 aliphatic carbocycles. The summed E-state index contributed by atoms with van der Waals surface area (Å²) < 4.78 is 20.9. The molecule has 4 aromatic carbocycles. The lowest BCUT2D eigenvalue weighted by Gasteiger charge is -2.17. The van der Waals surface area contributed by atoms with Gasteiger partial charge in [-0.15, -0.1) is 11.3 Å². The molecule has 0 N–H and O–H groups in total. The fraction of sp³-hybridized carbons (Fsp3) is 0.231. The largest absolute Gasteiger partial charge is 0.496 e. The van der Waals surface area contributed by atoms with Gasteiger partial charge in [0, 0.05) is 50.6 Å². The summed E-state index contributed by atoms with van der Waals surface area (Å²) >= 11 is 1.60. The molecule has 0 bridgehead atoms. The van der Waals surface area contributed by atoms with Crippen LogP contribution in [-0.4, -0.2) is 47.0 Å². The first-order valence-electron chi connectivity index (χ1n) is 16.0. The topological polar surface area (TPSA) is 65.8 Å². The van der Waals surface area contributed by atoms with Crippen LogP contribution in [0.15, 0.2) is 110 Å². The van der Waals surface area contributed by atoms with Gasteiger partial charge in [0.1, 0.15) is 30.5 Å². The molecule has 2 aromatic heterocycles. The highest BCUT2D eigenvalue weighted by Crippen LogP contribution is 2.42. The third kappa shape index (κ3) is 7.09. The summed E-state index contributed by atoms with van der Waals surface area (Å²) in [6, 6.07) is 30.0. The highest BCUT2D eigenvalue weighted by molar-refractivity contribution is 7.22. The molecule has 0 spiro atoms. The number of ether oxygens (including phenoxy) is 3. The van der Waals surface area contributed by atoms with Crippen LogP contribution in [0, 0.1) is 0 Å². The molecule has 1 aliphatic heterocycles. The summed E-state index contributed by atoms with van der Waals surface area (Å²) in [5.74, 6) is 2.26. The first-order chi connectivity index (χ1) is 23.1. The standard InChI is InChI=1S/C39H37N3O4S/c1-44-35-23-30(9-10-31(35)25-41-18-5-6-19-41)38(43)37-34-16-15-33(46-26-28-7-3-2-4-8-28)24-36(34)47-39(37)29-11-13-32(14-12-29)45-22-21-42-20-17-40-27-42/h2-4,7-17,20,23-24,27H,5-6,18-19,21-22,25-26H2,1H3. The van der Waals surface area contributed by atoms with Crippen molar-refractivity contribution in [1.29, 1.82) is 0 Å². The minimum Gasteiger partial charge on any atom is -0.496 e. The van der Waals surface area contributed by atoms with Crippen molar-refractivity contribution in [3.8, 4) is 27.7 Å². The van der Waals surface area contributed by atoms with Crippen molar-refractivity contribution in [2.45, 2.75) is 32.5 Å². The maximum absolute atomic E-state index is 14.4. The number of hydrogen-bond acceptors (Lipinski definition) is 7. The summed E-state index contributed by atoms with van der Waals surface area (Å²) in [7, 11) is 1.68. The van der Waals surface area contributed by atoms with Gasteiger partial charge in [0.05, 0.1) is 20.0 Å². The predicted molar refractivity (Wildman–Crippen MR) is 187 cm³/mol. The first-order valence-corrected chi connectivity index (χ1v) is 16.8. The lowest BCUT2D eigenvalue weighted by atomic mass is 9.96. The van der Waals surface area contributed by atoms with Crippen molar-refractivity contribution in [3.05, 3.63) is 132 Å². The van der Waals surface area contributed by atoms with E-state index in [1.807, 2.05) is 102 Å². The number of nitrogens with zero attached hydrogens (tertiary/aromatic N) is 3. The van der Waals surface area contributed by atoms with E-state index < -0.39 is 0 Å². The number of aromatic nitrogens is 2. The molecule has 6 aromatic rings. The number of fused-ring (bicyclic) bond motifs is 1. The van der Waals surface area contributed by atoms with Gasteiger partial charge in [-0.2, -0.15) is 0 Å². The average Bonchev–Trinajstić information content (AvgIpc) is 3.90. The summed E-state index contributed by atoms with van der Waals surface area (Å²) in [6.45, 7) is 4.74. The van der Waals surface area contributed by atoms with E-state index in [9.17, 15) is 4.79 Å². The Bertz CT molecular complexity index is 1950. The maximum Gasteiger partial charge on any atom is 0.195 e. The van der Waals surface area contributed by atoms with Crippen molar-refractivity contribution >= 4 is 27.2 Å². The molecule has 0 saturated carbocycles. The van der Waals surface area contributed by atoms with Crippen molar-refractivity contribution in [1.82, 2.24) is 14.5 Å². The Labute approximate surface area is 279 Å². The van der Waals surface area contributed by atoms with Crippen molar-refractivity contribution in [2.75, 3.05) is 26.8 Å². The van der Waals surface area contributed by atoms with Crippen LogP contribution in [0.4, 0.5) is 0 Å². The molecule has 0 atom stereocenters. The number of carbonyl (C=O) groups excluding carboxylic acids is 1. The van der Waals surface area contributed by atoms with Gasteiger partial charge >= 0.3 is 0 Å². The Balaban J connectivity index is 1.20. The molecule has 0 radical (unpaired) electrons. The number of ketones is 1. The van der Waals surface area contributed by atoms with Crippen LogP contribution in [0.5, 0.6) is 17.2 Å². The number of rotatable bonds is 13. The molecule has 47 heavy (non-hydrogen) atoms. The first kappa shape index (κ1) is 30.7. The van der Waals surface area contributed by atoms with E-state index in [0.29, 0.717) is 30.9 Å². The second-order valence-corrected chi connectivity index (χ2v) is 12.8. The number of hydrogen-bond donors (Lipinski definition) is 0. The van der Waals surface area contributed by atoms with Gasteiger partial charge in [-0.1, -0.05) is 42.5 Å². The van der Waals surface area contributed by atoms with Crippen molar-refractivity contribution < 1.29 is 19.0 Å². The normalized spacial score (nSPS) is 13.2. The second kappa shape index (κ2) is 14.2. The summed E-state index contributed by atoms with van der Waals surface area (Å²) in [4.78, 5) is 21.9.